The first kappa shape index (κ1) is 56.9. The average Bonchev–Trinajstić information content (AvgIpc) is 1.51. The van der Waals surface area contributed by atoms with Gasteiger partial charge >= 0.3 is 23.9 Å². The first-order valence-corrected chi connectivity index (χ1v) is 29.0. The molecule has 0 fully saturated rings. The lowest BCUT2D eigenvalue weighted by molar-refractivity contribution is -0.166. The maximum atomic E-state index is 15.8. The van der Waals surface area contributed by atoms with Crippen LogP contribution in [-0.2, 0) is 75.4 Å². The summed E-state index contributed by atoms with van der Waals surface area (Å²) in [6.45, 7) is -1.51. The number of thiazole rings is 2. The Morgan fingerprint density at radius 1 is 0.389 bits per heavy atom. The molecule has 90 heavy (non-hydrogen) atoms. The Labute approximate surface area is 518 Å². The summed E-state index contributed by atoms with van der Waals surface area (Å²) >= 11 is 1.67. The maximum absolute atomic E-state index is 15.8. The van der Waals surface area contributed by atoms with E-state index in [1.54, 1.807) is 121 Å². The number of rotatable bonds is 14. The van der Waals surface area contributed by atoms with E-state index >= 15 is 19.2 Å². The molecule has 0 radical (unpaired) electrons. The predicted molar refractivity (Wildman–Crippen MR) is 320 cm³/mol. The number of ketones is 4. The zero-order valence-electron chi connectivity index (χ0n) is 46.4. The van der Waals surface area contributed by atoms with Gasteiger partial charge in [-0.15, -0.1) is 22.7 Å². The molecule has 13 rings (SSSR count). The van der Waals surface area contributed by atoms with E-state index in [2.05, 4.69) is 0 Å². The van der Waals surface area contributed by atoms with Gasteiger partial charge in [-0.1, -0.05) is 121 Å². The van der Waals surface area contributed by atoms with Gasteiger partial charge in [-0.05, 0) is 93.1 Å². The number of carbonyl (C=O) groups excluding carboxylic acids is 8. The first-order chi connectivity index (χ1) is 43.7. The van der Waals surface area contributed by atoms with Crippen LogP contribution in [0.3, 0.4) is 0 Å². The lowest BCUT2D eigenvalue weighted by Crippen LogP contribution is -2.47. The Bertz CT molecular complexity index is 4410. The van der Waals surface area contributed by atoms with Crippen molar-refractivity contribution in [3.05, 3.63) is 268 Å². The Morgan fingerprint density at radius 2 is 0.644 bits per heavy atom. The van der Waals surface area contributed by atoms with Crippen LogP contribution in [-0.4, -0.2) is 57.0 Å². The lowest BCUT2D eigenvalue weighted by Gasteiger charge is -2.28. The number of ether oxygens (including phenoxy) is 4. The minimum Gasteiger partial charge on any atom is -0.459 e. The lowest BCUT2D eigenvalue weighted by atomic mass is 9.76. The molecule has 0 N–H and O–H groups in total. The highest BCUT2D eigenvalue weighted by Gasteiger charge is 2.65. The third kappa shape index (κ3) is 9.11. The normalized spacial score (nSPS) is 13.9. The van der Waals surface area contributed by atoms with E-state index in [1.165, 1.54) is 24.3 Å². The van der Waals surface area contributed by atoms with Gasteiger partial charge in [0.25, 0.3) is 0 Å². The largest absolute Gasteiger partial charge is 0.459 e. The molecular formula is C70H36N6O12S2. The van der Waals surface area contributed by atoms with Crippen molar-refractivity contribution < 1.29 is 57.3 Å². The van der Waals surface area contributed by atoms with E-state index in [0.717, 1.165) is 46.9 Å². The van der Waals surface area contributed by atoms with Gasteiger partial charge in [0.2, 0.25) is 10.8 Å². The van der Waals surface area contributed by atoms with E-state index in [1.807, 2.05) is 24.3 Å². The van der Waals surface area contributed by atoms with E-state index < -0.39 is 69.0 Å². The van der Waals surface area contributed by atoms with E-state index in [9.17, 15) is 40.2 Å². The highest BCUT2D eigenvalue weighted by molar-refractivity contribution is 7.17. The van der Waals surface area contributed by atoms with Crippen molar-refractivity contribution in [1.82, 2.24) is 9.97 Å². The van der Waals surface area contributed by atoms with Gasteiger partial charge in [0.15, 0.2) is 23.1 Å². The van der Waals surface area contributed by atoms with Crippen LogP contribution in [0.4, 0.5) is 0 Å². The topological polar surface area (TPSA) is 294 Å². The van der Waals surface area contributed by atoms with Crippen LogP contribution in [0.1, 0.15) is 118 Å². The number of nitriles is 4. The van der Waals surface area contributed by atoms with Crippen LogP contribution >= 0.6 is 22.7 Å². The summed E-state index contributed by atoms with van der Waals surface area (Å²) in [6, 6.07) is 49.3. The number of benzene rings is 7. The molecule has 0 saturated heterocycles. The fraction of sp³-hybridized carbons (Fsp3) is 0.0857. The maximum Gasteiger partial charge on any atom is 0.334 e. The number of allylic oxidation sites excluding steroid dienone is 2. The van der Waals surface area contributed by atoms with Crippen molar-refractivity contribution in [1.29, 1.82) is 21.0 Å². The summed E-state index contributed by atoms with van der Waals surface area (Å²) in [5, 5.41) is 39.1. The molecule has 2 heterocycles. The highest BCUT2D eigenvalue weighted by atomic mass is 32.1. The van der Waals surface area contributed by atoms with Gasteiger partial charge in [0.1, 0.15) is 60.7 Å². The van der Waals surface area contributed by atoms with E-state index in [4.69, 9.17) is 28.9 Å². The zero-order chi connectivity index (χ0) is 62.6. The SMILES string of the molecule is N#Cc1cc2c(cc1C#N)C(=O)C(=Cc1nc3c(s1)-c1cc4c(cc1C3(C(=O)OCc1ccccc1)C(=O)OCc1ccccc1)-c1sc(C=C3C(=O)c5cc(C#N)c(C#N)cc5C3=O)nc1C4(C(=O)OCc1ccccc1)C(=O)OCc1ccccc1)C2=O. The molecule has 0 saturated carbocycles. The highest BCUT2D eigenvalue weighted by Crippen LogP contribution is 2.60. The summed E-state index contributed by atoms with van der Waals surface area (Å²) in [5.41, 5.74) is -5.93. The Hall–Kier alpha value is -12.2. The van der Waals surface area contributed by atoms with Crippen molar-refractivity contribution >= 4 is 81.8 Å². The molecule has 18 nitrogen and oxygen atoms in total. The van der Waals surface area contributed by atoms with Gasteiger partial charge in [0, 0.05) is 22.3 Å². The van der Waals surface area contributed by atoms with E-state index in [0.29, 0.717) is 22.3 Å². The molecule has 20 heteroatoms. The molecule has 0 amide bonds. The third-order valence-electron chi connectivity index (χ3n) is 15.8. The predicted octanol–water partition coefficient (Wildman–Crippen LogP) is 10.5. The molecule has 0 unspecified atom stereocenters. The fourth-order valence-electron chi connectivity index (χ4n) is 11.5. The molecule has 0 spiro atoms. The van der Waals surface area contributed by atoms with Crippen LogP contribution in [0.15, 0.2) is 169 Å². The van der Waals surface area contributed by atoms with Gasteiger partial charge in [0.05, 0.1) is 54.5 Å². The van der Waals surface area contributed by atoms with Crippen LogP contribution in [0.5, 0.6) is 0 Å². The van der Waals surface area contributed by atoms with Crippen molar-refractivity contribution in [2.24, 2.45) is 0 Å². The molecule has 2 aromatic heterocycles. The van der Waals surface area contributed by atoms with Crippen molar-refractivity contribution in [2.75, 3.05) is 0 Å². The molecule has 7 aromatic carbocycles. The Morgan fingerprint density at radius 3 is 0.889 bits per heavy atom. The summed E-state index contributed by atoms with van der Waals surface area (Å²) in [6.07, 6.45) is 2.34. The fourth-order valence-corrected chi connectivity index (χ4v) is 13.7. The van der Waals surface area contributed by atoms with E-state index in [-0.39, 0.29) is 124 Å². The third-order valence-corrected chi connectivity index (χ3v) is 17.9. The average molecular weight is 1220 g/mol. The molecule has 9 aromatic rings. The quantitative estimate of drug-likeness (QED) is 0.0321. The Balaban J connectivity index is 1.05. The van der Waals surface area contributed by atoms with Crippen molar-refractivity contribution in [2.45, 2.75) is 37.3 Å². The van der Waals surface area contributed by atoms with Crippen molar-refractivity contribution in [3.8, 4) is 45.2 Å². The van der Waals surface area contributed by atoms with Gasteiger partial charge in [-0.25, -0.2) is 9.97 Å². The number of hydrogen-bond donors (Lipinski definition) is 0. The van der Waals surface area contributed by atoms with Crippen LogP contribution < -0.4 is 0 Å². The Kier molecular flexibility index (Phi) is 14.3. The summed E-state index contributed by atoms with van der Waals surface area (Å²) in [5.74, 6) is -7.95. The van der Waals surface area contributed by atoms with Crippen LogP contribution in [0.2, 0.25) is 0 Å². The molecule has 430 valence electrons. The second-order valence-corrected chi connectivity index (χ2v) is 23.0. The van der Waals surface area contributed by atoms with Crippen LogP contribution in [0, 0.1) is 45.3 Å². The summed E-state index contributed by atoms with van der Waals surface area (Å²) < 4.78 is 24.6. The summed E-state index contributed by atoms with van der Waals surface area (Å²) in [7, 11) is 0. The molecule has 0 bridgehead atoms. The second-order valence-electron chi connectivity index (χ2n) is 20.9. The number of aromatic nitrogens is 2. The molecule has 0 atom stereocenters. The second kappa shape index (κ2) is 22.6. The zero-order valence-corrected chi connectivity index (χ0v) is 48.0. The standard InChI is InChI=1S/C70H36N6O12S2/c71-29-41-21-45-46(22-42(41)30-72)58(78)51(57(45)77)27-55-75-63-61(89-55)49-26-54-50(25-53(49)69(63,65(81)85-33-37-13-5-1-6-14-37)66(82)86-34-38-15-7-2-8-16-38)62-64(76-56(90-62)28-52-59(79)47-23-43(31-73)44(32-74)24-48(47)60(52)80)70(54,67(83)87-35-39-17-9-3-10-18-39)68(84)88-36-40-19-11-4-12-20-40/h1-28H,33-36H2. The minimum atomic E-state index is -2.69. The first-order valence-electron chi connectivity index (χ1n) is 27.4. The van der Waals surface area contributed by atoms with Gasteiger partial charge in [-0.2, -0.15) is 21.0 Å². The molecular weight excluding hydrogens is 1180 g/mol. The summed E-state index contributed by atoms with van der Waals surface area (Å²) in [4.78, 5) is 130. The number of fused-ring (bicyclic) bond motifs is 8. The van der Waals surface area contributed by atoms with Crippen LogP contribution in [0.25, 0.3) is 33.0 Å². The number of Topliss-reactive ketones (excluding diaryl/α,β-unsaturated/α-hetero) is 4. The molecule has 4 aliphatic carbocycles. The number of esters is 4. The number of hydrogen-bond acceptors (Lipinski definition) is 20. The number of nitrogens with zero attached hydrogens (tertiary/aromatic N) is 6. The smallest absolute Gasteiger partial charge is 0.334 e. The number of carbonyl (C=O) groups is 8. The van der Waals surface area contributed by atoms with Crippen molar-refractivity contribution in [3.63, 3.8) is 0 Å². The molecule has 4 aliphatic rings. The minimum absolute atomic E-state index is 0.0332. The molecule has 0 aliphatic heterocycles. The van der Waals surface area contributed by atoms with Gasteiger partial charge in [-0.3, -0.25) is 38.4 Å². The monoisotopic (exact) mass is 1220 g/mol. The van der Waals surface area contributed by atoms with Gasteiger partial charge < -0.3 is 18.9 Å².